The molecule has 0 fully saturated rings. The second kappa shape index (κ2) is 7.35. The van der Waals surface area contributed by atoms with Crippen molar-refractivity contribution < 1.29 is 17.9 Å². The van der Waals surface area contributed by atoms with E-state index in [0.717, 1.165) is 20.7 Å². The van der Waals surface area contributed by atoms with Gasteiger partial charge in [0.25, 0.3) is 0 Å². The Kier molecular flexibility index (Phi) is 5.35. The van der Waals surface area contributed by atoms with Crippen molar-refractivity contribution in [3.8, 4) is 0 Å². The van der Waals surface area contributed by atoms with E-state index < -0.39 is 21.9 Å². The Labute approximate surface area is 153 Å². The van der Waals surface area contributed by atoms with E-state index >= 15 is 0 Å². The summed E-state index contributed by atoms with van der Waals surface area (Å²) in [6, 6.07) is 10.9. The van der Waals surface area contributed by atoms with Crippen LogP contribution in [-0.2, 0) is 16.6 Å². The van der Waals surface area contributed by atoms with Gasteiger partial charge in [0.15, 0.2) is 0 Å². The van der Waals surface area contributed by atoms with Crippen molar-refractivity contribution in [1.82, 2.24) is 4.72 Å². The monoisotopic (exact) mass is 397 g/mol. The van der Waals surface area contributed by atoms with Crippen LogP contribution in [0.25, 0.3) is 0 Å². The number of halogens is 1. The summed E-state index contributed by atoms with van der Waals surface area (Å²) in [5.74, 6) is -0.470. The molecule has 3 rings (SSSR count). The molecule has 1 atom stereocenters. The summed E-state index contributed by atoms with van der Waals surface area (Å²) in [6.45, 7) is 1.67. The normalized spacial score (nSPS) is 13.1. The second-order valence-corrected chi connectivity index (χ2v) is 9.37. The molecule has 2 N–H and O–H groups in total. The van der Waals surface area contributed by atoms with Crippen molar-refractivity contribution in [1.29, 1.82) is 0 Å². The zero-order valence-electron chi connectivity index (χ0n) is 13.3. The molecule has 8 heteroatoms. The predicted octanol–water partition coefficient (Wildman–Crippen LogP) is 3.82. The number of rotatable bonds is 6. The van der Waals surface area contributed by atoms with Crippen molar-refractivity contribution in [2.75, 3.05) is 0 Å². The molecule has 0 aliphatic carbocycles. The highest BCUT2D eigenvalue weighted by Crippen LogP contribution is 2.31. The molecule has 1 unspecified atom stereocenters. The molecule has 25 heavy (non-hydrogen) atoms. The van der Waals surface area contributed by atoms with Gasteiger partial charge in [-0.15, -0.1) is 22.7 Å². The Balaban J connectivity index is 1.71. The number of nitrogens with one attached hydrogen (secondary N) is 1. The highest BCUT2D eigenvalue weighted by Gasteiger charge is 2.18. The fraction of sp³-hybridized carbons (Fsp3) is 0.176. The third-order valence-corrected chi connectivity index (χ3v) is 7.25. The summed E-state index contributed by atoms with van der Waals surface area (Å²) < 4.78 is 40.4. The number of hydrogen-bond donors (Lipinski definition) is 2. The van der Waals surface area contributed by atoms with E-state index in [0.29, 0.717) is 5.56 Å². The van der Waals surface area contributed by atoms with E-state index in [9.17, 15) is 17.9 Å². The van der Waals surface area contributed by atoms with Crippen LogP contribution in [-0.4, -0.2) is 13.5 Å². The van der Waals surface area contributed by atoms with Crippen molar-refractivity contribution in [2.24, 2.45) is 0 Å². The molecule has 0 aliphatic rings. The van der Waals surface area contributed by atoms with Crippen molar-refractivity contribution in [2.45, 2.75) is 24.5 Å². The van der Waals surface area contributed by atoms with Gasteiger partial charge in [-0.05, 0) is 54.3 Å². The molecule has 0 radical (unpaired) electrons. The summed E-state index contributed by atoms with van der Waals surface area (Å²) in [5.41, 5.74) is 0.354. The summed E-state index contributed by atoms with van der Waals surface area (Å²) in [7, 11) is -3.73. The molecule has 4 nitrogen and oxygen atoms in total. The molecule has 0 saturated carbocycles. The Morgan fingerprint density at radius 2 is 2.00 bits per heavy atom. The number of hydrogen-bond acceptors (Lipinski definition) is 5. The van der Waals surface area contributed by atoms with Gasteiger partial charge in [-0.2, -0.15) is 0 Å². The maximum absolute atomic E-state index is 13.1. The number of sulfonamides is 1. The van der Waals surface area contributed by atoms with Gasteiger partial charge in [0, 0.05) is 21.2 Å². The minimum atomic E-state index is -3.73. The number of aliphatic hydroxyl groups is 1. The first-order valence-corrected chi connectivity index (χ1v) is 10.6. The van der Waals surface area contributed by atoms with Gasteiger partial charge in [0.1, 0.15) is 11.9 Å². The summed E-state index contributed by atoms with van der Waals surface area (Å²) in [4.78, 5) is 2.45. The standard InChI is InChI=1S/C17H16FNO3S3/c1-11-9-12(18)4-7-16(11)25(21,22)19-10-13-5-6-15(24-13)17(20)14-3-2-8-23-14/h2-9,17,19-20H,10H2,1H3. The Morgan fingerprint density at radius 1 is 1.20 bits per heavy atom. The molecule has 0 bridgehead atoms. The lowest BCUT2D eigenvalue weighted by Crippen LogP contribution is -2.23. The average Bonchev–Trinajstić information content (AvgIpc) is 3.24. The maximum Gasteiger partial charge on any atom is 0.241 e. The molecular weight excluding hydrogens is 381 g/mol. The fourth-order valence-corrected chi connectivity index (χ4v) is 5.46. The van der Waals surface area contributed by atoms with Crippen molar-refractivity contribution >= 4 is 32.7 Å². The zero-order chi connectivity index (χ0) is 18.0. The van der Waals surface area contributed by atoms with Crippen LogP contribution in [0.1, 0.15) is 26.3 Å². The molecule has 1 aromatic carbocycles. The molecule has 0 saturated heterocycles. The molecular formula is C17H16FNO3S3. The highest BCUT2D eigenvalue weighted by atomic mass is 32.2. The molecule has 2 aromatic heterocycles. The van der Waals surface area contributed by atoms with Crippen LogP contribution in [0.3, 0.4) is 0 Å². The van der Waals surface area contributed by atoms with Gasteiger partial charge in [-0.25, -0.2) is 17.5 Å². The average molecular weight is 398 g/mol. The molecule has 0 amide bonds. The van der Waals surface area contributed by atoms with Crippen LogP contribution in [0.2, 0.25) is 0 Å². The van der Waals surface area contributed by atoms with Gasteiger partial charge in [0.2, 0.25) is 10.0 Å². The van der Waals surface area contributed by atoms with Gasteiger partial charge in [-0.3, -0.25) is 0 Å². The summed E-state index contributed by atoms with van der Waals surface area (Å²) in [6.07, 6.45) is -0.699. The second-order valence-electron chi connectivity index (χ2n) is 5.46. The molecule has 2 heterocycles. The number of thiophene rings is 2. The van der Waals surface area contributed by atoms with Gasteiger partial charge < -0.3 is 5.11 Å². The predicted molar refractivity (Wildman–Crippen MR) is 97.9 cm³/mol. The third kappa shape index (κ3) is 4.16. The number of benzene rings is 1. The molecule has 3 aromatic rings. The van der Waals surface area contributed by atoms with Gasteiger partial charge in [-0.1, -0.05) is 6.07 Å². The number of aryl methyl sites for hydroxylation is 1. The van der Waals surface area contributed by atoms with E-state index in [-0.39, 0.29) is 11.4 Å². The van der Waals surface area contributed by atoms with E-state index in [1.807, 2.05) is 17.5 Å². The van der Waals surface area contributed by atoms with E-state index in [1.54, 1.807) is 19.1 Å². The Morgan fingerprint density at radius 3 is 2.68 bits per heavy atom. The van der Waals surface area contributed by atoms with E-state index in [4.69, 9.17) is 0 Å². The van der Waals surface area contributed by atoms with Crippen LogP contribution < -0.4 is 4.72 Å². The number of aliphatic hydroxyl groups excluding tert-OH is 1. The minimum Gasteiger partial charge on any atom is -0.382 e. The first kappa shape index (κ1) is 18.2. The van der Waals surface area contributed by atoms with E-state index in [1.165, 1.54) is 34.8 Å². The van der Waals surface area contributed by atoms with Gasteiger partial charge in [0.05, 0.1) is 4.90 Å². The molecule has 0 aliphatic heterocycles. The van der Waals surface area contributed by atoms with Crippen molar-refractivity contribution in [3.63, 3.8) is 0 Å². The minimum absolute atomic E-state index is 0.0595. The first-order valence-electron chi connectivity index (χ1n) is 7.43. The largest absolute Gasteiger partial charge is 0.382 e. The maximum atomic E-state index is 13.1. The summed E-state index contributed by atoms with van der Waals surface area (Å²) in [5, 5.41) is 12.2. The summed E-state index contributed by atoms with van der Waals surface area (Å²) >= 11 is 2.82. The lowest BCUT2D eigenvalue weighted by atomic mass is 10.2. The topological polar surface area (TPSA) is 66.4 Å². The Bertz CT molecular complexity index is 965. The zero-order valence-corrected chi connectivity index (χ0v) is 15.7. The highest BCUT2D eigenvalue weighted by molar-refractivity contribution is 7.89. The fourth-order valence-electron chi connectivity index (χ4n) is 2.38. The van der Waals surface area contributed by atoms with Crippen molar-refractivity contribution in [3.05, 3.63) is 73.9 Å². The van der Waals surface area contributed by atoms with Crippen LogP contribution in [0, 0.1) is 12.7 Å². The van der Waals surface area contributed by atoms with E-state index in [2.05, 4.69) is 4.72 Å². The SMILES string of the molecule is Cc1cc(F)ccc1S(=O)(=O)NCc1ccc(C(O)c2cccs2)s1. The van der Waals surface area contributed by atoms with Crippen LogP contribution in [0.4, 0.5) is 4.39 Å². The Hall–Kier alpha value is -1.58. The quantitative estimate of drug-likeness (QED) is 0.665. The lowest BCUT2D eigenvalue weighted by molar-refractivity contribution is 0.228. The third-order valence-electron chi connectivity index (χ3n) is 3.63. The van der Waals surface area contributed by atoms with Crippen LogP contribution >= 0.6 is 22.7 Å². The first-order chi connectivity index (χ1) is 11.9. The van der Waals surface area contributed by atoms with Crippen LogP contribution in [0.15, 0.2) is 52.7 Å². The van der Waals surface area contributed by atoms with Gasteiger partial charge >= 0.3 is 0 Å². The lowest BCUT2D eigenvalue weighted by Gasteiger charge is -2.09. The van der Waals surface area contributed by atoms with Crippen LogP contribution in [0.5, 0.6) is 0 Å². The molecule has 0 spiro atoms. The smallest absolute Gasteiger partial charge is 0.241 e. The molecule has 132 valence electrons.